The Hall–Kier alpha value is -2.01. The Kier molecular flexibility index (Phi) is 7.21. The van der Waals surface area contributed by atoms with Crippen LogP contribution in [0.1, 0.15) is 37.0 Å². The van der Waals surface area contributed by atoms with E-state index in [4.69, 9.17) is 4.74 Å². The van der Waals surface area contributed by atoms with Gasteiger partial charge in [0, 0.05) is 6.42 Å². The third-order valence-corrected chi connectivity index (χ3v) is 3.19. The van der Waals surface area contributed by atoms with Crippen molar-refractivity contribution >= 4 is 5.97 Å². The lowest BCUT2D eigenvalue weighted by molar-refractivity contribution is 0.0556. The topological polar surface area (TPSA) is 26.3 Å². The first-order valence-electron chi connectivity index (χ1n) is 6.94. The summed E-state index contributed by atoms with van der Waals surface area (Å²) in [5.74, 6) is 6.75. The highest BCUT2D eigenvalue weighted by Crippen LogP contribution is 2.18. The number of ether oxygens (including phenoxy) is 1. The molecule has 1 aromatic rings. The molecule has 0 amide bonds. The molecule has 0 aromatic heterocycles. The van der Waals surface area contributed by atoms with Crippen LogP contribution in [0, 0.1) is 23.7 Å². The SMILES string of the molecule is C=CCC(CC#CCOC(=O)c1ccccc1)C(C)C. The zero-order valence-electron chi connectivity index (χ0n) is 12.3. The van der Waals surface area contributed by atoms with E-state index in [-0.39, 0.29) is 12.6 Å². The number of hydrogen-bond acceptors (Lipinski definition) is 2. The van der Waals surface area contributed by atoms with Crippen LogP contribution in [0.15, 0.2) is 43.0 Å². The highest BCUT2D eigenvalue weighted by Gasteiger charge is 2.09. The second-order valence-corrected chi connectivity index (χ2v) is 5.03. The molecule has 0 aliphatic carbocycles. The van der Waals surface area contributed by atoms with Gasteiger partial charge in [0.1, 0.15) is 0 Å². The third kappa shape index (κ3) is 5.75. The second kappa shape index (κ2) is 8.98. The van der Waals surface area contributed by atoms with E-state index in [2.05, 4.69) is 32.3 Å². The maximum Gasteiger partial charge on any atom is 0.339 e. The van der Waals surface area contributed by atoms with Gasteiger partial charge >= 0.3 is 5.97 Å². The molecule has 0 spiro atoms. The van der Waals surface area contributed by atoms with Gasteiger partial charge in [-0.3, -0.25) is 0 Å². The molecule has 0 N–H and O–H groups in total. The molecule has 1 unspecified atom stereocenters. The zero-order chi connectivity index (χ0) is 14.8. The van der Waals surface area contributed by atoms with Gasteiger partial charge in [-0.15, -0.1) is 6.58 Å². The van der Waals surface area contributed by atoms with Gasteiger partial charge in [0.15, 0.2) is 6.61 Å². The van der Waals surface area contributed by atoms with Crippen LogP contribution in [0.3, 0.4) is 0 Å². The van der Waals surface area contributed by atoms with Gasteiger partial charge in [-0.25, -0.2) is 4.79 Å². The average molecular weight is 270 g/mol. The van der Waals surface area contributed by atoms with Crippen LogP contribution in [0.2, 0.25) is 0 Å². The Morgan fingerprint density at radius 2 is 2.00 bits per heavy atom. The molecule has 0 aliphatic rings. The highest BCUT2D eigenvalue weighted by molar-refractivity contribution is 5.89. The number of carbonyl (C=O) groups is 1. The van der Waals surface area contributed by atoms with Gasteiger partial charge in [0.2, 0.25) is 0 Å². The molecule has 106 valence electrons. The lowest BCUT2D eigenvalue weighted by atomic mass is 9.90. The summed E-state index contributed by atoms with van der Waals surface area (Å²) in [6, 6.07) is 8.95. The summed E-state index contributed by atoms with van der Waals surface area (Å²) in [5.41, 5.74) is 0.556. The Bertz CT molecular complexity index is 477. The maximum atomic E-state index is 11.6. The Balaban J connectivity index is 2.36. The summed E-state index contributed by atoms with van der Waals surface area (Å²) in [6.45, 7) is 8.28. The van der Waals surface area contributed by atoms with Gasteiger partial charge < -0.3 is 4.74 Å². The van der Waals surface area contributed by atoms with Gasteiger partial charge in [-0.2, -0.15) is 0 Å². The monoisotopic (exact) mass is 270 g/mol. The summed E-state index contributed by atoms with van der Waals surface area (Å²) >= 11 is 0. The molecule has 0 radical (unpaired) electrons. The smallest absolute Gasteiger partial charge is 0.339 e. The number of rotatable bonds is 6. The Morgan fingerprint density at radius 1 is 1.30 bits per heavy atom. The molecule has 0 saturated heterocycles. The number of benzene rings is 1. The fourth-order valence-corrected chi connectivity index (χ4v) is 1.82. The van der Waals surface area contributed by atoms with Gasteiger partial charge in [-0.1, -0.05) is 50.0 Å². The summed E-state index contributed by atoms with van der Waals surface area (Å²) in [6.07, 6.45) is 3.71. The summed E-state index contributed by atoms with van der Waals surface area (Å²) in [5, 5.41) is 0. The van der Waals surface area contributed by atoms with Gasteiger partial charge in [0.05, 0.1) is 5.56 Å². The Morgan fingerprint density at radius 3 is 2.60 bits per heavy atom. The van der Waals surface area contributed by atoms with Crippen molar-refractivity contribution in [3.8, 4) is 11.8 Å². The lowest BCUT2D eigenvalue weighted by Gasteiger charge is -2.15. The van der Waals surface area contributed by atoms with Crippen molar-refractivity contribution in [3.63, 3.8) is 0 Å². The molecule has 0 saturated carbocycles. The van der Waals surface area contributed by atoms with E-state index in [1.54, 1.807) is 12.1 Å². The van der Waals surface area contributed by atoms with Crippen molar-refractivity contribution in [3.05, 3.63) is 48.6 Å². The Labute approximate surface area is 121 Å². The molecule has 1 rings (SSSR count). The molecule has 0 heterocycles. The van der Waals surface area contributed by atoms with Crippen LogP contribution in [-0.2, 0) is 4.74 Å². The minimum absolute atomic E-state index is 0.145. The number of allylic oxidation sites excluding steroid dienone is 1. The fraction of sp³-hybridized carbons (Fsp3) is 0.389. The summed E-state index contributed by atoms with van der Waals surface area (Å²) in [4.78, 5) is 11.6. The van der Waals surface area contributed by atoms with Crippen molar-refractivity contribution in [2.45, 2.75) is 26.7 Å². The molecule has 0 aliphatic heterocycles. The standard InChI is InChI=1S/C18H22O2/c1-4-10-16(15(2)3)11-8-9-14-20-18(19)17-12-6-5-7-13-17/h4-7,12-13,15-16H,1,10-11,14H2,2-3H3. The minimum Gasteiger partial charge on any atom is -0.449 e. The molecule has 2 heteroatoms. The first-order chi connectivity index (χ1) is 9.65. The van der Waals surface area contributed by atoms with Crippen LogP contribution in [0.25, 0.3) is 0 Å². The predicted molar refractivity (Wildman–Crippen MR) is 82.3 cm³/mol. The summed E-state index contributed by atoms with van der Waals surface area (Å²) in [7, 11) is 0. The molecule has 0 bridgehead atoms. The van der Waals surface area contributed by atoms with Gasteiger partial charge in [0.25, 0.3) is 0 Å². The van der Waals surface area contributed by atoms with E-state index in [0.29, 0.717) is 17.4 Å². The normalized spacial score (nSPS) is 11.3. The molecule has 2 nitrogen and oxygen atoms in total. The lowest BCUT2D eigenvalue weighted by Crippen LogP contribution is -2.07. The van der Waals surface area contributed by atoms with Gasteiger partial charge in [-0.05, 0) is 30.4 Å². The quantitative estimate of drug-likeness (QED) is 0.442. The first kappa shape index (κ1) is 16.0. The van der Waals surface area contributed by atoms with E-state index in [1.807, 2.05) is 24.3 Å². The zero-order valence-corrected chi connectivity index (χ0v) is 12.3. The molecule has 0 fully saturated rings. The molecular formula is C18H22O2. The van der Waals surface area contributed by atoms with Crippen LogP contribution in [0.4, 0.5) is 0 Å². The van der Waals surface area contributed by atoms with E-state index in [9.17, 15) is 4.79 Å². The number of esters is 1. The fourth-order valence-electron chi connectivity index (χ4n) is 1.82. The van der Waals surface area contributed by atoms with E-state index >= 15 is 0 Å². The molecule has 20 heavy (non-hydrogen) atoms. The maximum absolute atomic E-state index is 11.6. The molecular weight excluding hydrogens is 248 g/mol. The van der Waals surface area contributed by atoms with Crippen molar-refractivity contribution in [2.75, 3.05) is 6.61 Å². The van der Waals surface area contributed by atoms with Crippen molar-refractivity contribution in [2.24, 2.45) is 11.8 Å². The van der Waals surface area contributed by atoms with Crippen LogP contribution >= 0.6 is 0 Å². The predicted octanol–water partition coefficient (Wildman–Crippen LogP) is 4.09. The molecule has 1 atom stereocenters. The number of carbonyl (C=O) groups excluding carboxylic acids is 1. The first-order valence-corrected chi connectivity index (χ1v) is 6.94. The third-order valence-electron chi connectivity index (χ3n) is 3.19. The minimum atomic E-state index is -0.327. The van der Waals surface area contributed by atoms with E-state index in [0.717, 1.165) is 12.8 Å². The van der Waals surface area contributed by atoms with Crippen LogP contribution in [-0.4, -0.2) is 12.6 Å². The van der Waals surface area contributed by atoms with E-state index < -0.39 is 0 Å². The molecule has 1 aromatic carbocycles. The highest BCUT2D eigenvalue weighted by atomic mass is 16.5. The van der Waals surface area contributed by atoms with Crippen LogP contribution < -0.4 is 0 Å². The van der Waals surface area contributed by atoms with Crippen molar-refractivity contribution < 1.29 is 9.53 Å². The van der Waals surface area contributed by atoms with Crippen molar-refractivity contribution in [1.29, 1.82) is 0 Å². The number of hydrogen-bond donors (Lipinski definition) is 0. The second-order valence-electron chi connectivity index (χ2n) is 5.03. The largest absolute Gasteiger partial charge is 0.449 e. The van der Waals surface area contributed by atoms with E-state index in [1.165, 1.54) is 0 Å². The average Bonchev–Trinajstić information content (AvgIpc) is 2.46. The summed E-state index contributed by atoms with van der Waals surface area (Å²) < 4.78 is 5.10. The van der Waals surface area contributed by atoms with Crippen LogP contribution in [0.5, 0.6) is 0 Å². The van der Waals surface area contributed by atoms with Crippen molar-refractivity contribution in [1.82, 2.24) is 0 Å².